The zero-order valence-corrected chi connectivity index (χ0v) is 13.1. The molecule has 118 valence electrons. The molecule has 0 radical (unpaired) electrons. The first-order chi connectivity index (χ1) is 9.63. The number of aromatic nitrogens is 1. The molecule has 0 amide bonds. The lowest BCUT2D eigenvalue weighted by molar-refractivity contribution is -0.135. The van der Waals surface area contributed by atoms with Gasteiger partial charge in [-0.1, -0.05) is 0 Å². The Balaban J connectivity index is 3.44. The number of carbonyl (C=O) groups is 2. The van der Waals surface area contributed by atoms with E-state index in [-0.39, 0.29) is 17.1 Å². The Kier molecular flexibility index (Phi) is 5.13. The topological polar surface area (TPSA) is 115 Å². The summed E-state index contributed by atoms with van der Waals surface area (Å²) in [6, 6.07) is 0. The number of nitrogens with zero attached hydrogens (tertiary/aromatic N) is 1. The van der Waals surface area contributed by atoms with Gasteiger partial charge in [0, 0.05) is 18.4 Å². The number of esters is 1. The zero-order chi connectivity index (χ0) is 16.4. The van der Waals surface area contributed by atoms with Gasteiger partial charge in [0.1, 0.15) is 17.0 Å². The largest absolute Gasteiger partial charge is 0.480 e. The van der Waals surface area contributed by atoms with Gasteiger partial charge in [-0.3, -0.25) is 4.79 Å². The standard InChI is InChI=1S/C12H18N2O6S/c1-5-20-12(17)10-7(2)14(4)8(3)11(10)21(18,19)13-6-9(15)16/h13H,5-6H2,1-4H3,(H,15,16). The maximum Gasteiger partial charge on any atom is 0.341 e. The maximum atomic E-state index is 12.3. The minimum atomic E-state index is -4.13. The van der Waals surface area contributed by atoms with Crippen LogP contribution in [0.2, 0.25) is 0 Å². The number of hydrogen-bond donors (Lipinski definition) is 2. The summed E-state index contributed by atoms with van der Waals surface area (Å²) in [6.45, 7) is 4.08. The van der Waals surface area contributed by atoms with Gasteiger partial charge < -0.3 is 14.4 Å². The Hall–Kier alpha value is -1.87. The van der Waals surface area contributed by atoms with Crippen LogP contribution in [0, 0.1) is 13.8 Å². The number of aliphatic carboxylic acids is 1. The van der Waals surface area contributed by atoms with Crippen molar-refractivity contribution >= 4 is 22.0 Å². The van der Waals surface area contributed by atoms with E-state index in [9.17, 15) is 18.0 Å². The summed E-state index contributed by atoms with van der Waals surface area (Å²) in [5.74, 6) is -2.07. The summed E-state index contributed by atoms with van der Waals surface area (Å²) in [5, 5.41) is 8.59. The molecule has 0 saturated carbocycles. The smallest absolute Gasteiger partial charge is 0.341 e. The molecule has 0 fully saturated rings. The molecule has 9 heteroatoms. The van der Waals surface area contributed by atoms with Gasteiger partial charge in [-0.2, -0.15) is 4.72 Å². The molecule has 1 aromatic heterocycles. The summed E-state index contributed by atoms with van der Waals surface area (Å²) < 4.78 is 32.9. The molecule has 1 aromatic rings. The molecule has 0 aliphatic rings. The molecule has 1 heterocycles. The van der Waals surface area contributed by atoms with Crippen molar-refractivity contribution in [2.45, 2.75) is 25.7 Å². The summed E-state index contributed by atoms with van der Waals surface area (Å²) in [5.41, 5.74) is 0.685. The molecule has 8 nitrogen and oxygen atoms in total. The fourth-order valence-corrected chi connectivity index (χ4v) is 3.40. The molecule has 2 N–H and O–H groups in total. The predicted octanol–water partition coefficient (Wildman–Crippen LogP) is 0.182. The third-order valence-corrected chi connectivity index (χ3v) is 4.65. The maximum absolute atomic E-state index is 12.3. The lowest BCUT2D eigenvalue weighted by Crippen LogP contribution is -2.30. The summed E-state index contributed by atoms with van der Waals surface area (Å²) in [6.07, 6.45) is 0. The third-order valence-electron chi connectivity index (χ3n) is 3.09. The molecular weight excluding hydrogens is 300 g/mol. The molecule has 21 heavy (non-hydrogen) atoms. The van der Waals surface area contributed by atoms with E-state index in [1.165, 1.54) is 6.92 Å². The zero-order valence-electron chi connectivity index (χ0n) is 12.3. The van der Waals surface area contributed by atoms with Gasteiger partial charge >= 0.3 is 11.9 Å². The van der Waals surface area contributed by atoms with E-state index >= 15 is 0 Å². The van der Waals surface area contributed by atoms with E-state index in [4.69, 9.17) is 9.84 Å². The van der Waals surface area contributed by atoms with Gasteiger partial charge in [0.25, 0.3) is 0 Å². The molecule has 0 aromatic carbocycles. The van der Waals surface area contributed by atoms with Crippen LogP contribution >= 0.6 is 0 Å². The van der Waals surface area contributed by atoms with Crippen molar-refractivity contribution in [3.63, 3.8) is 0 Å². The van der Waals surface area contributed by atoms with Crippen molar-refractivity contribution in [2.75, 3.05) is 13.2 Å². The first-order valence-electron chi connectivity index (χ1n) is 6.17. The highest BCUT2D eigenvalue weighted by Gasteiger charge is 2.31. The van der Waals surface area contributed by atoms with E-state index in [0.717, 1.165) is 0 Å². The lowest BCUT2D eigenvalue weighted by Gasteiger charge is -2.07. The van der Waals surface area contributed by atoms with Crippen LogP contribution in [0.5, 0.6) is 0 Å². The number of carboxylic acids is 1. The van der Waals surface area contributed by atoms with Crippen molar-refractivity contribution in [3.05, 3.63) is 17.0 Å². The number of carbonyl (C=O) groups excluding carboxylic acids is 1. The minimum Gasteiger partial charge on any atom is -0.480 e. The van der Waals surface area contributed by atoms with E-state index in [0.29, 0.717) is 11.4 Å². The Morgan fingerprint density at radius 2 is 1.86 bits per heavy atom. The Morgan fingerprint density at radius 1 is 1.29 bits per heavy atom. The SMILES string of the molecule is CCOC(=O)c1c(S(=O)(=O)NCC(=O)O)c(C)n(C)c1C. The van der Waals surface area contributed by atoms with Gasteiger partial charge in [0.05, 0.1) is 6.61 Å². The van der Waals surface area contributed by atoms with Gasteiger partial charge in [-0.15, -0.1) is 0 Å². The van der Waals surface area contributed by atoms with Crippen molar-refractivity contribution in [3.8, 4) is 0 Å². The first kappa shape index (κ1) is 17.2. The number of ether oxygens (including phenoxy) is 1. The second-order valence-electron chi connectivity index (χ2n) is 4.37. The van der Waals surface area contributed by atoms with Crippen LogP contribution in [0.4, 0.5) is 0 Å². The van der Waals surface area contributed by atoms with Gasteiger partial charge in [0.15, 0.2) is 0 Å². The van der Waals surface area contributed by atoms with Gasteiger partial charge in [0.2, 0.25) is 10.0 Å². The van der Waals surface area contributed by atoms with E-state index in [1.54, 1.807) is 25.5 Å². The molecule has 0 spiro atoms. The molecule has 0 aliphatic carbocycles. The normalized spacial score (nSPS) is 11.4. The summed E-state index contributed by atoms with van der Waals surface area (Å²) >= 11 is 0. The highest BCUT2D eigenvalue weighted by molar-refractivity contribution is 7.89. The van der Waals surface area contributed by atoms with E-state index in [2.05, 4.69) is 0 Å². The van der Waals surface area contributed by atoms with Crippen LogP contribution in [-0.2, 0) is 26.6 Å². The molecule has 0 unspecified atom stereocenters. The second-order valence-corrected chi connectivity index (χ2v) is 6.08. The van der Waals surface area contributed by atoms with Crippen LogP contribution in [0.3, 0.4) is 0 Å². The van der Waals surface area contributed by atoms with E-state index in [1.807, 2.05) is 4.72 Å². The van der Waals surface area contributed by atoms with Crippen LogP contribution in [0.25, 0.3) is 0 Å². The highest BCUT2D eigenvalue weighted by Crippen LogP contribution is 2.26. The third kappa shape index (κ3) is 3.42. The van der Waals surface area contributed by atoms with Gasteiger partial charge in [-0.05, 0) is 20.8 Å². The Bertz CT molecular complexity index is 674. The van der Waals surface area contributed by atoms with Crippen molar-refractivity contribution in [2.24, 2.45) is 7.05 Å². The molecule has 0 atom stereocenters. The summed E-state index contributed by atoms with van der Waals surface area (Å²) in [7, 11) is -2.52. The predicted molar refractivity (Wildman–Crippen MR) is 73.7 cm³/mol. The average molecular weight is 318 g/mol. The number of nitrogens with one attached hydrogen (secondary N) is 1. The fourth-order valence-electron chi connectivity index (χ4n) is 1.92. The fraction of sp³-hybridized carbons (Fsp3) is 0.500. The van der Waals surface area contributed by atoms with Crippen molar-refractivity contribution < 1.29 is 27.9 Å². The van der Waals surface area contributed by atoms with Crippen LogP contribution < -0.4 is 4.72 Å². The molecule has 1 rings (SSSR count). The number of hydrogen-bond acceptors (Lipinski definition) is 5. The molecule has 0 aliphatic heterocycles. The van der Waals surface area contributed by atoms with Gasteiger partial charge in [-0.25, -0.2) is 13.2 Å². The van der Waals surface area contributed by atoms with Crippen LogP contribution in [-0.4, -0.2) is 43.2 Å². The van der Waals surface area contributed by atoms with Crippen LogP contribution in [0.1, 0.15) is 28.7 Å². The minimum absolute atomic E-state index is 0.0743. The van der Waals surface area contributed by atoms with E-state index < -0.39 is 28.5 Å². The van der Waals surface area contributed by atoms with Crippen LogP contribution in [0.15, 0.2) is 4.90 Å². The highest BCUT2D eigenvalue weighted by atomic mass is 32.2. The number of carboxylic acid groups (broad SMARTS) is 1. The first-order valence-corrected chi connectivity index (χ1v) is 7.66. The number of rotatable bonds is 6. The average Bonchev–Trinajstić information content (AvgIpc) is 2.62. The second kappa shape index (κ2) is 6.27. The molecule has 0 bridgehead atoms. The quantitative estimate of drug-likeness (QED) is 0.723. The van der Waals surface area contributed by atoms with Crippen molar-refractivity contribution in [1.29, 1.82) is 0 Å². The Morgan fingerprint density at radius 3 is 2.33 bits per heavy atom. The summed E-state index contributed by atoms with van der Waals surface area (Å²) in [4.78, 5) is 22.3. The number of sulfonamides is 1. The Labute approximate surface area is 122 Å². The monoisotopic (exact) mass is 318 g/mol. The van der Waals surface area contributed by atoms with Crippen molar-refractivity contribution in [1.82, 2.24) is 9.29 Å². The molecule has 0 saturated heterocycles. The lowest BCUT2D eigenvalue weighted by atomic mass is 10.2. The molecular formula is C12H18N2O6S.